The highest BCUT2D eigenvalue weighted by molar-refractivity contribution is 6.33. The maximum Gasteiger partial charge on any atom is 0.223 e. The molecular formula is C25H25ClN2O3. The Hall–Kier alpha value is -2.92. The molecule has 0 N–H and O–H groups in total. The molecule has 1 aliphatic rings. The van der Waals surface area contributed by atoms with Crippen LogP contribution in [0.1, 0.15) is 41.1 Å². The number of Topliss-reactive ketones (excluding diaryl/α,β-unsaturated/α-hetero) is 1. The van der Waals surface area contributed by atoms with Crippen molar-refractivity contribution in [3.05, 3.63) is 76.8 Å². The maximum absolute atomic E-state index is 12.7. The van der Waals surface area contributed by atoms with Crippen molar-refractivity contribution in [1.29, 1.82) is 0 Å². The van der Waals surface area contributed by atoms with Gasteiger partial charge in [-0.25, -0.2) is 4.98 Å². The lowest BCUT2D eigenvalue weighted by molar-refractivity contribution is -0.132. The fourth-order valence-corrected chi connectivity index (χ4v) is 4.16. The molecule has 1 aromatic heterocycles. The van der Waals surface area contributed by atoms with Crippen LogP contribution >= 0.6 is 11.6 Å². The topological polar surface area (TPSA) is 63.4 Å². The molecule has 0 atom stereocenters. The van der Waals surface area contributed by atoms with Crippen LogP contribution in [-0.4, -0.2) is 34.7 Å². The Morgan fingerprint density at radius 3 is 2.52 bits per heavy atom. The molecule has 0 bridgehead atoms. The largest absolute Gasteiger partial charge is 0.441 e. The molecule has 1 aliphatic heterocycles. The van der Waals surface area contributed by atoms with E-state index in [0.717, 1.165) is 16.7 Å². The van der Waals surface area contributed by atoms with Gasteiger partial charge < -0.3 is 9.32 Å². The van der Waals surface area contributed by atoms with Crippen molar-refractivity contribution in [1.82, 2.24) is 9.88 Å². The molecule has 2 aromatic carbocycles. The van der Waals surface area contributed by atoms with Gasteiger partial charge in [-0.3, -0.25) is 9.59 Å². The molecule has 4 rings (SSSR count). The van der Waals surface area contributed by atoms with E-state index in [1.165, 1.54) is 0 Å². The molecule has 0 radical (unpaired) electrons. The Labute approximate surface area is 187 Å². The second kappa shape index (κ2) is 9.48. The minimum absolute atomic E-state index is 0.0170. The summed E-state index contributed by atoms with van der Waals surface area (Å²) in [4.78, 5) is 31.5. The average Bonchev–Trinajstić information content (AvgIpc) is 3.27. The highest BCUT2D eigenvalue weighted by Crippen LogP contribution is 2.28. The highest BCUT2D eigenvalue weighted by atomic mass is 35.5. The van der Waals surface area contributed by atoms with E-state index < -0.39 is 0 Å². The summed E-state index contributed by atoms with van der Waals surface area (Å²) in [6.45, 7) is 3.23. The molecule has 1 saturated heterocycles. The number of rotatable bonds is 6. The monoisotopic (exact) mass is 436 g/mol. The molecule has 31 heavy (non-hydrogen) atoms. The number of oxazole rings is 1. The number of aryl methyl sites for hydroxylation is 2. The molecule has 2 heterocycles. The molecule has 160 valence electrons. The van der Waals surface area contributed by atoms with E-state index in [4.69, 9.17) is 16.0 Å². The second-order valence-electron chi connectivity index (χ2n) is 7.98. The van der Waals surface area contributed by atoms with Crippen molar-refractivity contribution in [3.63, 3.8) is 0 Å². The van der Waals surface area contributed by atoms with Crippen molar-refractivity contribution in [2.24, 2.45) is 5.92 Å². The van der Waals surface area contributed by atoms with Gasteiger partial charge in [0.1, 0.15) is 0 Å². The maximum atomic E-state index is 12.7. The molecule has 1 fully saturated rings. The van der Waals surface area contributed by atoms with Gasteiger partial charge in [-0.05, 0) is 31.9 Å². The lowest BCUT2D eigenvalue weighted by Crippen LogP contribution is -2.40. The number of amides is 1. The summed E-state index contributed by atoms with van der Waals surface area (Å²) >= 11 is 6.20. The first-order valence-electron chi connectivity index (χ1n) is 10.6. The molecule has 5 nitrogen and oxygen atoms in total. The summed E-state index contributed by atoms with van der Waals surface area (Å²) in [5.74, 6) is 1.35. The Morgan fingerprint density at radius 2 is 1.81 bits per heavy atom. The van der Waals surface area contributed by atoms with Crippen LogP contribution in [0.15, 0.2) is 59.1 Å². The summed E-state index contributed by atoms with van der Waals surface area (Å²) in [6, 6.07) is 15.1. The number of carbonyl (C=O) groups is 2. The van der Waals surface area contributed by atoms with Gasteiger partial charge in [0.15, 0.2) is 17.4 Å². The van der Waals surface area contributed by atoms with Gasteiger partial charge in [0.2, 0.25) is 5.91 Å². The van der Waals surface area contributed by atoms with Crippen LogP contribution < -0.4 is 0 Å². The van der Waals surface area contributed by atoms with Crippen LogP contribution in [0, 0.1) is 12.8 Å². The SMILES string of the molecule is Cc1ccc(C(=O)C2CCN(C(=O)CCc3ncc(-c4ccccc4Cl)o3)CC2)cc1. The van der Waals surface area contributed by atoms with E-state index in [-0.39, 0.29) is 17.6 Å². The standard InChI is InChI=1S/C25H25ClN2O3/c1-17-6-8-18(9-7-17)25(30)19-12-14-28(15-13-19)24(29)11-10-23-27-16-22(31-23)20-4-2-3-5-21(20)26/h2-9,16,19H,10-15H2,1H3. The Morgan fingerprint density at radius 1 is 1.10 bits per heavy atom. The quantitative estimate of drug-likeness (QED) is 0.488. The Bertz CT molecular complexity index is 1070. The van der Waals surface area contributed by atoms with Gasteiger partial charge >= 0.3 is 0 Å². The van der Waals surface area contributed by atoms with E-state index >= 15 is 0 Å². The number of hydrogen-bond acceptors (Lipinski definition) is 4. The van der Waals surface area contributed by atoms with E-state index in [2.05, 4.69) is 4.98 Å². The zero-order valence-electron chi connectivity index (χ0n) is 17.5. The summed E-state index contributed by atoms with van der Waals surface area (Å²) in [5, 5.41) is 0.601. The van der Waals surface area contributed by atoms with Crippen LogP contribution in [-0.2, 0) is 11.2 Å². The van der Waals surface area contributed by atoms with Crippen LogP contribution in [0.4, 0.5) is 0 Å². The van der Waals surface area contributed by atoms with Crippen molar-refractivity contribution in [3.8, 4) is 11.3 Å². The number of benzene rings is 2. The third kappa shape index (κ3) is 5.05. The number of carbonyl (C=O) groups excluding carboxylic acids is 2. The molecule has 6 heteroatoms. The van der Waals surface area contributed by atoms with Gasteiger partial charge in [-0.1, -0.05) is 53.6 Å². The second-order valence-corrected chi connectivity index (χ2v) is 8.39. The van der Waals surface area contributed by atoms with Crippen LogP contribution in [0.5, 0.6) is 0 Å². The van der Waals surface area contributed by atoms with E-state index in [1.807, 2.05) is 54.3 Å². The highest BCUT2D eigenvalue weighted by Gasteiger charge is 2.28. The number of piperidine rings is 1. The van der Waals surface area contributed by atoms with Crippen LogP contribution in [0.2, 0.25) is 5.02 Å². The first kappa shape index (κ1) is 21.3. The predicted molar refractivity (Wildman–Crippen MR) is 120 cm³/mol. The summed E-state index contributed by atoms with van der Waals surface area (Å²) in [5.41, 5.74) is 2.69. The minimum Gasteiger partial charge on any atom is -0.441 e. The molecule has 3 aromatic rings. The van der Waals surface area contributed by atoms with Crippen LogP contribution in [0.3, 0.4) is 0 Å². The van der Waals surface area contributed by atoms with E-state index in [0.29, 0.717) is 55.4 Å². The lowest BCUT2D eigenvalue weighted by atomic mass is 9.88. The fourth-order valence-electron chi connectivity index (χ4n) is 3.93. The van der Waals surface area contributed by atoms with Gasteiger partial charge in [0, 0.05) is 43.0 Å². The van der Waals surface area contributed by atoms with E-state index in [1.54, 1.807) is 12.3 Å². The normalized spacial score (nSPS) is 14.6. The summed E-state index contributed by atoms with van der Waals surface area (Å²) in [6.07, 6.45) is 3.82. The zero-order chi connectivity index (χ0) is 21.8. The van der Waals surface area contributed by atoms with Gasteiger partial charge in [-0.15, -0.1) is 0 Å². The van der Waals surface area contributed by atoms with Crippen molar-refractivity contribution in [2.45, 2.75) is 32.6 Å². The smallest absolute Gasteiger partial charge is 0.223 e. The minimum atomic E-state index is -0.0170. The summed E-state index contributed by atoms with van der Waals surface area (Å²) < 4.78 is 5.78. The van der Waals surface area contributed by atoms with Crippen molar-refractivity contribution < 1.29 is 14.0 Å². The third-order valence-electron chi connectivity index (χ3n) is 5.80. The molecular weight excluding hydrogens is 412 g/mol. The number of likely N-dealkylation sites (tertiary alicyclic amines) is 1. The van der Waals surface area contributed by atoms with Gasteiger partial charge in [-0.2, -0.15) is 0 Å². The number of hydrogen-bond donors (Lipinski definition) is 0. The molecule has 0 unspecified atom stereocenters. The number of aromatic nitrogens is 1. The van der Waals surface area contributed by atoms with Gasteiger partial charge in [0.05, 0.1) is 11.2 Å². The zero-order valence-corrected chi connectivity index (χ0v) is 18.3. The Balaban J connectivity index is 1.27. The van der Waals surface area contributed by atoms with Gasteiger partial charge in [0.25, 0.3) is 0 Å². The third-order valence-corrected chi connectivity index (χ3v) is 6.13. The number of ketones is 1. The number of nitrogens with zero attached hydrogens (tertiary/aromatic N) is 2. The first-order chi connectivity index (χ1) is 15.0. The first-order valence-corrected chi connectivity index (χ1v) is 11.0. The average molecular weight is 437 g/mol. The molecule has 1 amide bonds. The molecule has 0 spiro atoms. The fraction of sp³-hybridized carbons (Fsp3) is 0.320. The number of halogens is 1. The van der Waals surface area contributed by atoms with Crippen LogP contribution in [0.25, 0.3) is 11.3 Å². The van der Waals surface area contributed by atoms with E-state index in [9.17, 15) is 9.59 Å². The van der Waals surface area contributed by atoms with Crippen molar-refractivity contribution >= 4 is 23.3 Å². The lowest BCUT2D eigenvalue weighted by Gasteiger charge is -2.31. The summed E-state index contributed by atoms with van der Waals surface area (Å²) in [7, 11) is 0. The molecule has 0 aliphatic carbocycles. The molecule has 0 saturated carbocycles. The predicted octanol–water partition coefficient (Wildman–Crippen LogP) is 5.36. The van der Waals surface area contributed by atoms with Crippen molar-refractivity contribution in [2.75, 3.05) is 13.1 Å². The Kier molecular flexibility index (Phi) is 6.52.